The number of halogens is 3. The minimum atomic E-state index is -0.503. The molecule has 0 aliphatic heterocycles. The van der Waals surface area contributed by atoms with Gasteiger partial charge in [0.2, 0.25) is 0 Å². The van der Waals surface area contributed by atoms with Gasteiger partial charge in [-0.15, -0.1) is 0 Å². The van der Waals surface area contributed by atoms with Crippen molar-refractivity contribution in [3.63, 3.8) is 0 Å². The van der Waals surface area contributed by atoms with Crippen LogP contribution >= 0.6 is 0 Å². The summed E-state index contributed by atoms with van der Waals surface area (Å²) in [6.07, 6.45) is 6.24. The maximum atomic E-state index is 2.47. The zero-order valence-corrected chi connectivity index (χ0v) is 26.2. The van der Waals surface area contributed by atoms with Crippen LogP contribution in [-0.2, 0) is 34.6 Å². The van der Waals surface area contributed by atoms with Gasteiger partial charge in [0.05, 0.1) is 0 Å². The summed E-state index contributed by atoms with van der Waals surface area (Å²) in [4.78, 5) is 0. The Morgan fingerprint density at radius 3 is 1.82 bits per heavy atom. The van der Waals surface area contributed by atoms with Crippen molar-refractivity contribution in [1.82, 2.24) is 0 Å². The zero-order valence-electron chi connectivity index (χ0n) is 20.9. The van der Waals surface area contributed by atoms with E-state index >= 15 is 0 Å². The molecule has 0 fully saturated rings. The Hall–Kier alpha value is -0.409. The second-order valence-corrected chi connectivity index (χ2v) is 10.6. The Morgan fingerprint density at radius 2 is 1.27 bits per heavy atom. The van der Waals surface area contributed by atoms with Gasteiger partial charge in [0.25, 0.3) is 0 Å². The van der Waals surface area contributed by atoms with E-state index in [1.54, 1.807) is 21.5 Å². The van der Waals surface area contributed by atoms with Gasteiger partial charge in [-0.3, -0.25) is 0 Å². The van der Waals surface area contributed by atoms with Gasteiger partial charge in [-0.1, -0.05) is 68.1 Å². The predicted octanol–water partition coefficient (Wildman–Crippen LogP) is -3.60. The minimum absolute atomic E-state index is 0. The van der Waals surface area contributed by atoms with Gasteiger partial charge in [0.1, 0.15) is 0 Å². The van der Waals surface area contributed by atoms with Crippen LogP contribution in [0, 0.1) is 34.6 Å². The summed E-state index contributed by atoms with van der Waals surface area (Å²) in [5.74, 6) is 0. The first-order valence-corrected chi connectivity index (χ1v) is 12.7. The molecule has 0 heterocycles. The van der Waals surface area contributed by atoms with Gasteiger partial charge in [-0.2, -0.15) is 22.4 Å². The zero-order chi connectivity index (χ0) is 21.0. The van der Waals surface area contributed by atoms with E-state index in [0.29, 0.717) is 0 Å². The summed E-state index contributed by atoms with van der Waals surface area (Å²) in [5, 5.41) is 3.33. The Balaban J connectivity index is 0. The smallest absolute Gasteiger partial charge is 1.00 e. The molecule has 0 atom stereocenters. The van der Waals surface area contributed by atoms with Crippen LogP contribution in [0.2, 0.25) is 0 Å². The molecule has 178 valence electrons. The molecule has 0 aliphatic carbocycles. The van der Waals surface area contributed by atoms with Gasteiger partial charge >= 0.3 is 21.7 Å². The van der Waals surface area contributed by atoms with E-state index < -0.39 is 9.52 Å². The van der Waals surface area contributed by atoms with Crippen molar-refractivity contribution in [3.8, 4) is 0 Å². The van der Waals surface area contributed by atoms with Crippen molar-refractivity contribution in [3.05, 3.63) is 87.0 Å². The molecule has 5 heteroatoms. The number of aryl methyl sites for hydroxylation is 1. The number of unbranched alkanes of at least 4 members (excludes halogenated alkanes) is 2. The third-order valence-corrected chi connectivity index (χ3v) is 9.51. The standard InChI is InChI=1S/C28H37Si.3ClH.Ti/c1-7-8-10-15-25-16-17-27(26(25)18-24-13-11-9-12-14-24)29-28-22(5)20(3)19(2)21(4)23(28)6;;;;/h9,11-14,16-17H,7-8,10,15,18,29H2,1-6H3;3*1H;/q-1;;;;+4/p-3. The molecule has 0 bridgehead atoms. The van der Waals surface area contributed by atoms with E-state index in [4.69, 9.17) is 0 Å². The summed E-state index contributed by atoms with van der Waals surface area (Å²) in [6.45, 7) is 13.9. The van der Waals surface area contributed by atoms with E-state index in [1.165, 1.54) is 59.1 Å². The normalized spacial score (nSPS) is 10.2. The average Bonchev–Trinajstić information content (AvgIpc) is 3.10. The summed E-state index contributed by atoms with van der Waals surface area (Å²) < 4.78 is 0. The molecule has 0 amide bonds. The van der Waals surface area contributed by atoms with Gasteiger partial charge in [-0.05, 0) is 74.4 Å². The molecule has 0 N–H and O–H groups in total. The van der Waals surface area contributed by atoms with Crippen LogP contribution in [0.5, 0.6) is 0 Å². The topological polar surface area (TPSA) is 0 Å². The van der Waals surface area contributed by atoms with Crippen molar-refractivity contribution < 1.29 is 58.9 Å². The van der Waals surface area contributed by atoms with Crippen molar-refractivity contribution in [2.24, 2.45) is 0 Å². The van der Waals surface area contributed by atoms with Crippen LogP contribution in [0.3, 0.4) is 0 Å². The third kappa shape index (κ3) is 8.34. The van der Waals surface area contributed by atoms with E-state index in [-0.39, 0.29) is 58.9 Å². The monoisotopic (exact) mass is 554 g/mol. The first-order valence-electron chi connectivity index (χ1n) is 11.3. The quantitative estimate of drug-likeness (QED) is 0.153. The molecule has 3 aromatic carbocycles. The Morgan fingerprint density at radius 1 is 0.727 bits per heavy atom. The predicted molar refractivity (Wildman–Crippen MR) is 132 cm³/mol. The molecule has 0 saturated heterocycles. The molecule has 3 aromatic rings. The van der Waals surface area contributed by atoms with Crippen LogP contribution in [-0.4, -0.2) is 9.52 Å². The molecule has 0 spiro atoms. The van der Waals surface area contributed by atoms with Crippen molar-refractivity contribution in [2.75, 3.05) is 0 Å². The van der Waals surface area contributed by atoms with E-state index in [9.17, 15) is 0 Å². The van der Waals surface area contributed by atoms with Gasteiger partial charge in [-0.25, -0.2) is 6.07 Å². The molecule has 0 aliphatic rings. The molecule has 0 radical (unpaired) electrons. The fourth-order valence-corrected chi connectivity index (χ4v) is 6.88. The van der Waals surface area contributed by atoms with E-state index in [1.807, 2.05) is 0 Å². The molecule has 33 heavy (non-hydrogen) atoms. The number of hydrogen-bond donors (Lipinski definition) is 0. The maximum absolute atomic E-state index is 2.47. The number of benzene rings is 2. The van der Waals surface area contributed by atoms with Gasteiger partial charge in [0, 0.05) is 9.52 Å². The van der Waals surface area contributed by atoms with E-state index in [2.05, 4.69) is 84.0 Å². The van der Waals surface area contributed by atoms with Crippen molar-refractivity contribution >= 4 is 19.9 Å². The molecule has 0 saturated carbocycles. The van der Waals surface area contributed by atoms with E-state index in [0.717, 1.165) is 6.42 Å². The van der Waals surface area contributed by atoms with Crippen LogP contribution in [0.15, 0.2) is 42.5 Å². The minimum Gasteiger partial charge on any atom is -1.00 e. The fraction of sp³-hybridized carbons (Fsp3) is 0.393. The summed E-state index contributed by atoms with van der Waals surface area (Å²) in [5.41, 5.74) is 12.2. The Bertz CT molecular complexity index is 952. The Kier molecular flexibility index (Phi) is 17.2. The fourth-order valence-electron chi connectivity index (χ4n) is 4.63. The van der Waals surface area contributed by atoms with Crippen LogP contribution < -0.4 is 47.6 Å². The second-order valence-electron chi connectivity index (χ2n) is 8.76. The summed E-state index contributed by atoms with van der Waals surface area (Å²) in [6, 6.07) is 15.9. The molecule has 0 unspecified atom stereocenters. The Labute approximate surface area is 238 Å². The summed E-state index contributed by atoms with van der Waals surface area (Å²) >= 11 is 0. The molecular weight excluding hydrogens is 519 g/mol. The first-order chi connectivity index (χ1) is 13.9. The van der Waals surface area contributed by atoms with Crippen molar-refractivity contribution in [1.29, 1.82) is 0 Å². The molecule has 0 nitrogen and oxygen atoms in total. The van der Waals surface area contributed by atoms with Gasteiger partial charge in [0.15, 0.2) is 0 Å². The molecular formula is C28H37Cl3SiTi. The third-order valence-electron chi connectivity index (χ3n) is 7.06. The first kappa shape index (κ1) is 34.8. The summed E-state index contributed by atoms with van der Waals surface area (Å²) in [7, 11) is -0.503. The number of rotatable bonds is 8. The maximum Gasteiger partial charge on any atom is 4.00 e. The van der Waals surface area contributed by atoms with Crippen molar-refractivity contribution in [2.45, 2.75) is 73.6 Å². The SMILES string of the molecule is CCCCC[c-]1ccc([SiH2]c2c(C)c(C)c(C)c(C)c2C)c1Cc1ccccc1.[Cl-].[Cl-].[Cl-].[Ti+4]. The average molecular weight is 556 g/mol. The van der Waals surface area contributed by atoms with Crippen LogP contribution in [0.4, 0.5) is 0 Å². The van der Waals surface area contributed by atoms with Gasteiger partial charge < -0.3 is 37.2 Å². The molecule has 3 rings (SSSR count). The second kappa shape index (κ2) is 16.3. The van der Waals surface area contributed by atoms with Crippen LogP contribution in [0.1, 0.15) is 70.7 Å². The van der Waals surface area contributed by atoms with Crippen LogP contribution in [0.25, 0.3) is 0 Å². The molecule has 0 aromatic heterocycles. The number of hydrogen-bond acceptors (Lipinski definition) is 0. The largest absolute Gasteiger partial charge is 4.00 e.